The molecule has 248 valence electrons. The van der Waals surface area contributed by atoms with Crippen molar-refractivity contribution in [1.82, 2.24) is 0 Å². The number of carbonyl (C=O) groups is 2. The van der Waals surface area contributed by atoms with Crippen molar-refractivity contribution in [2.45, 2.75) is 130 Å². The van der Waals surface area contributed by atoms with Crippen LogP contribution in [0, 0.1) is 6.92 Å². The smallest absolute Gasteiger partial charge is 0.414 e. The summed E-state index contributed by atoms with van der Waals surface area (Å²) in [5.74, 6) is -3.00. The number of carboxylic acids is 2. The predicted octanol–water partition coefficient (Wildman–Crippen LogP) is 7.74. The number of hydrogen-bond acceptors (Lipinski definition) is 6. The molecule has 2 atom stereocenters. The summed E-state index contributed by atoms with van der Waals surface area (Å²) in [4.78, 5) is 28.2. The Kier molecular flexibility index (Phi) is 15.5. The van der Waals surface area contributed by atoms with Gasteiger partial charge in [-0.2, -0.15) is 0 Å². The van der Waals surface area contributed by atoms with Gasteiger partial charge < -0.3 is 20.4 Å². The van der Waals surface area contributed by atoms with Crippen LogP contribution in [0.4, 0.5) is 0 Å². The van der Waals surface area contributed by atoms with Crippen molar-refractivity contribution in [3.63, 3.8) is 0 Å². The Morgan fingerprint density at radius 2 is 1.31 bits per heavy atom. The maximum absolute atomic E-state index is 11.2. The minimum Gasteiger partial charge on any atom is -0.507 e. The van der Waals surface area contributed by atoms with Gasteiger partial charge in [0.15, 0.2) is 0 Å². The quantitative estimate of drug-likeness (QED) is 0.130. The Balaban J connectivity index is 0.00000131. The largest absolute Gasteiger partial charge is 0.507 e. The first-order valence-electron chi connectivity index (χ1n) is 15.7. The van der Waals surface area contributed by atoms with Crippen molar-refractivity contribution in [3.05, 3.63) is 57.6 Å². The predicted molar refractivity (Wildman–Crippen MR) is 178 cm³/mol. The van der Waals surface area contributed by atoms with E-state index in [0.29, 0.717) is 11.5 Å². The minimum atomic E-state index is -1.82. The van der Waals surface area contributed by atoms with E-state index in [0.717, 1.165) is 60.8 Å². The number of unbranched alkanes of at least 4 members (excludes halogenated alkanes) is 2. The summed E-state index contributed by atoms with van der Waals surface area (Å²) in [5.41, 5.74) is 5.70. The number of hydrogen-bond donors (Lipinski definition) is 4. The Morgan fingerprint density at radius 1 is 0.800 bits per heavy atom. The number of aliphatic carboxylic acids is 2. The molecule has 0 saturated heterocycles. The summed E-state index contributed by atoms with van der Waals surface area (Å²) < 4.78 is 0. The fourth-order valence-corrected chi connectivity index (χ4v) is 5.26. The van der Waals surface area contributed by atoms with Gasteiger partial charge in [0.05, 0.1) is 12.1 Å². The summed E-state index contributed by atoms with van der Waals surface area (Å²) >= 11 is 0. The van der Waals surface area contributed by atoms with Crippen molar-refractivity contribution < 1.29 is 47.4 Å². The number of phenols is 2. The molecule has 3 rings (SSSR count). The molecule has 0 aliphatic heterocycles. The van der Waals surface area contributed by atoms with Crippen LogP contribution in [0.5, 0.6) is 11.5 Å². The first kappa shape index (κ1) is 39.9. The van der Waals surface area contributed by atoms with E-state index < -0.39 is 11.9 Å². The fourth-order valence-electron chi connectivity index (χ4n) is 5.26. The van der Waals surface area contributed by atoms with Gasteiger partial charge in [0.25, 0.3) is 0 Å². The van der Waals surface area contributed by atoms with E-state index in [9.17, 15) is 10.2 Å². The van der Waals surface area contributed by atoms with Gasteiger partial charge >= 0.3 is 11.9 Å². The van der Waals surface area contributed by atoms with E-state index in [-0.39, 0.29) is 40.3 Å². The van der Waals surface area contributed by atoms with Gasteiger partial charge in [0, 0.05) is 46.5 Å². The molecule has 0 radical (unpaired) electrons. The maximum atomic E-state index is 11.2. The summed E-state index contributed by atoms with van der Waals surface area (Å²) in [6.07, 6.45) is 12.6. The average molecular weight is 661 g/mol. The third-order valence-corrected chi connectivity index (χ3v) is 7.96. The van der Waals surface area contributed by atoms with Crippen molar-refractivity contribution in [2.24, 2.45) is 9.98 Å². The van der Waals surface area contributed by atoms with Crippen molar-refractivity contribution >= 4 is 24.4 Å². The summed E-state index contributed by atoms with van der Waals surface area (Å²) in [7, 11) is 0. The number of phenolic OH excluding ortho intramolecular Hbond substituents is 2. The molecule has 1 saturated carbocycles. The number of aromatic hydroxyl groups is 2. The molecule has 0 spiro atoms. The second kappa shape index (κ2) is 17.5. The second-order valence-electron chi connectivity index (χ2n) is 13.9. The van der Waals surface area contributed by atoms with Crippen LogP contribution in [0.2, 0.25) is 0 Å². The molecule has 45 heavy (non-hydrogen) atoms. The summed E-state index contributed by atoms with van der Waals surface area (Å²) in [6.45, 7) is 17.2. The number of aliphatic imine (C=N–C) groups is 2. The average Bonchev–Trinajstić information content (AvgIpc) is 2.93. The SMILES string of the molecule is CCCCCc1cc(C)c(O)c(C=NC2CCCCC2N=Cc2cc(C(C)(C)C)cc(C(C)(C)C)c2O)c1.O=C(O)C(=O)O.[Cr]. The summed E-state index contributed by atoms with van der Waals surface area (Å²) in [5, 5.41) is 36.7. The molecule has 2 aromatic carbocycles. The van der Waals surface area contributed by atoms with Crippen LogP contribution < -0.4 is 0 Å². The van der Waals surface area contributed by atoms with Gasteiger partial charge in [-0.3, -0.25) is 9.98 Å². The Labute approximate surface area is 279 Å². The van der Waals surface area contributed by atoms with E-state index in [4.69, 9.17) is 29.8 Å². The molecular formula is C36H52CrN2O6. The molecule has 0 aromatic heterocycles. The molecule has 4 N–H and O–H groups in total. The molecule has 0 amide bonds. The third-order valence-electron chi connectivity index (χ3n) is 7.96. The van der Waals surface area contributed by atoms with E-state index in [1.807, 2.05) is 19.4 Å². The molecule has 1 aliphatic carbocycles. The maximum Gasteiger partial charge on any atom is 0.414 e. The van der Waals surface area contributed by atoms with Crippen molar-refractivity contribution in [1.29, 1.82) is 0 Å². The number of rotatable bonds is 8. The first-order chi connectivity index (χ1) is 20.4. The normalized spacial score (nSPS) is 17.1. The Morgan fingerprint density at radius 3 is 1.76 bits per heavy atom. The molecule has 2 aromatic rings. The van der Waals surface area contributed by atoms with Crippen LogP contribution in [0.3, 0.4) is 0 Å². The van der Waals surface area contributed by atoms with Gasteiger partial charge in [0.1, 0.15) is 11.5 Å². The first-order valence-corrected chi connectivity index (χ1v) is 15.7. The molecule has 2 unspecified atom stereocenters. The number of nitrogens with zero attached hydrogens (tertiary/aromatic N) is 2. The zero-order valence-corrected chi connectivity index (χ0v) is 29.5. The summed E-state index contributed by atoms with van der Waals surface area (Å²) in [6, 6.07) is 8.54. The van der Waals surface area contributed by atoms with Gasteiger partial charge in [-0.15, -0.1) is 0 Å². The van der Waals surface area contributed by atoms with E-state index in [2.05, 4.69) is 72.7 Å². The van der Waals surface area contributed by atoms with Gasteiger partial charge in [0.2, 0.25) is 0 Å². The molecule has 8 nitrogen and oxygen atoms in total. The Bertz CT molecular complexity index is 1340. The molecule has 0 heterocycles. The zero-order chi connectivity index (χ0) is 33.2. The Hall–Kier alpha value is -3.15. The van der Waals surface area contributed by atoms with Crippen LogP contribution in [-0.4, -0.2) is 56.9 Å². The molecular weight excluding hydrogens is 608 g/mol. The number of carboxylic acid groups (broad SMARTS) is 2. The van der Waals surface area contributed by atoms with Gasteiger partial charge in [-0.1, -0.05) is 86.3 Å². The molecule has 0 bridgehead atoms. The second-order valence-corrected chi connectivity index (χ2v) is 13.9. The van der Waals surface area contributed by atoms with Gasteiger partial charge in [-0.25, -0.2) is 9.59 Å². The van der Waals surface area contributed by atoms with E-state index >= 15 is 0 Å². The fraction of sp³-hybridized carbons (Fsp3) is 0.556. The van der Waals surface area contributed by atoms with E-state index in [1.54, 1.807) is 0 Å². The number of aryl methyl sites for hydroxylation is 2. The molecule has 1 fully saturated rings. The monoisotopic (exact) mass is 660 g/mol. The van der Waals surface area contributed by atoms with Crippen molar-refractivity contribution in [2.75, 3.05) is 0 Å². The topological polar surface area (TPSA) is 140 Å². The van der Waals surface area contributed by atoms with Crippen LogP contribution in [0.25, 0.3) is 0 Å². The van der Waals surface area contributed by atoms with Crippen LogP contribution in [-0.2, 0) is 44.2 Å². The van der Waals surface area contributed by atoms with Crippen LogP contribution >= 0.6 is 0 Å². The standard InChI is InChI=1S/C34H50N2O2.C2H2O4.Cr/c1-9-10-11-14-24-17-23(2)31(37)25(18-24)21-35-29-15-12-13-16-30(29)36-22-26-19-27(33(3,4)5)20-28(32(26)38)34(6,7)8;3-1(4)2(5)6;/h17-22,29-30,37-38H,9-16H2,1-8H3;(H,3,4)(H,5,6);. The van der Waals surface area contributed by atoms with Crippen molar-refractivity contribution in [3.8, 4) is 11.5 Å². The third kappa shape index (κ3) is 12.3. The minimum absolute atomic E-state index is 0. The van der Waals surface area contributed by atoms with E-state index in [1.165, 1.54) is 24.0 Å². The molecule has 9 heteroatoms. The van der Waals surface area contributed by atoms with Crippen LogP contribution in [0.15, 0.2) is 34.3 Å². The zero-order valence-electron chi connectivity index (χ0n) is 28.2. The van der Waals surface area contributed by atoms with Crippen LogP contribution in [0.1, 0.15) is 127 Å². The molecule has 1 aliphatic rings. The number of benzene rings is 2. The van der Waals surface area contributed by atoms with Gasteiger partial charge in [-0.05, 0) is 72.3 Å².